The van der Waals surface area contributed by atoms with Crippen LogP contribution in [-0.4, -0.2) is 23.7 Å². The normalized spacial score (nSPS) is 19.7. The highest BCUT2D eigenvalue weighted by Crippen LogP contribution is 2.32. The lowest BCUT2D eigenvalue weighted by Gasteiger charge is -2.32. The van der Waals surface area contributed by atoms with Gasteiger partial charge >= 0.3 is 5.97 Å². The largest absolute Gasteiger partial charge is 0.478 e. The Hall–Kier alpha value is -1.48. The minimum Gasteiger partial charge on any atom is -0.478 e. The zero-order valence-electron chi connectivity index (χ0n) is 12.4. The third-order valence-electron chi connectivity index (χ3n) is 4.05. The number of hydrogen-bond acceptors (Lipinski definition) is 2. The number of anilines is 1. The van der Waals surface area contributed by atoms with E-state index >= 15 is 0 Å². The molecule has 2 rings (SSSR count). The van der Waals surface area contributed by atoms with Crippen molar-refractivity contribution in [3.8, 4) is 0 Å². The van der Waals surface area contributed by atoms with Crippen LogP contribution in [-0.2, 0) is 4.79 Å². The topological polar surface area (TPSA) is 40.5 Å². The number of halogens is 1. The molecule has 0 radical (unpaired) electrons. The quantitative estimate of drug-likeness (QED) is 0.827. The molecule has 0 bridgehead atoms. The maximum Gasteiger partial charge on any atom is 0.328 e. The van der Waals surface area contributed by atoms with Gasteiger partial charge < -0.3 is 10.0 Å². The first-order chi connectivity index (χ1) is 10.1. The van der Waals surface area contributed by atoms with Gasteiger partial charge in [-0.15, -0.1) is 0 Å². The van der Waals surface area contributed by atoms with Crippen molar-refractivity contribution in [3.63, 3.8) is 0 Å². The highest BCUT2D eigenvalue weighted by molar-refractivity contribution is 6.33. The fourth-order valence-electron chi connectivity index (χ4n) is 2.95. The zero-order valence-corrected chi connectivity index (χ0v) is 13.1. The molecule has 1 aliphatic rings. The monoisotopic (exact) mass is 307 g/mol. The van der Waals surface area contributed by atoms with E-state index in [4.69, 9.17) is 16.7 Å². The molecule has 3 nitrogen and oxygen atoms in total. The third kappa shape index (κ3) is 4.24. The summed E-state index contributed by atoms with van der Waals surface area (Å²) in [5.74, 6) is -0.950. The number of nitrogens with zero attached hydrogens (tertiary/aromatic N) is 1. The zero-order chi connectivity index (χ0) is 15.2. The average molecular weight is 308 g/mol. The fraction of sp³-hybridized carbons (Fsp3) is 0.471. The van der Waals surface area contributed by atoms with E-state index in [0.717, 1.165) is 30.3 Å². The molecule has 1 aromatic rings. The molecular formula is C17H22ClNO2. The van der Waals surface area contributed by atoms with E-state index in [1.54, 1.807) is 6.08 Å². The van der Waals surface area contributed by atoms with Gasteiger partial charge in [0.1, 0.15) is 0 Å². The number of benzene rings is 1. The van der Waals surface area contributed by atoms with Gasteiger partial charge in [0.2, 0.25) is 0 Å². The maximum atomic E-state index is 10.6. The number of rotatable bonds is 4. The van der Waals surface area contributed by atoms with Crippen LogP contribution in [0, 0.1) is 0 Å². The van der Waals surface area contributed by atoms with Gasteiger partial charge in [-0.3, -0.25) is 0 Å². The summed E-state index contributed by atoms with van der Waals surface area (Å²) in [5.41, 5.74) is 1.88. The molecule has 1 aliphatic heterocycles. The van der Waals surface area contributed by atoms with E-state index in [0.29, 0.717) is 11.1 Å². The van der Waals surface area contributed by atoms with E-state index in [1.807, 2.05) is 18.2 Å². The van der Waals surface area contributed by atoms with Crippen LogP contribution in [0.2, 0.25) is 5.02 Å². The SMILES string of the molecule is CCC1CCCCCN1c1ccc(/C=C/C(=O)O)cc1Cl. The van der Waals surface area contributed by atoms with Crippen LogP contribution in [0.3, 0.4) is 0 Å². The second kappa shape index (κ2) is 7.51. The Morgan fingerprint density at radius 1 is 1.43 bits per heavy atom. The van der Waals surface area contributed by atoms with Gasteiger partial charge in [0.25, 0.3) is 0 Å². The molecule has 1 heterocycles. The second-order valence-electron chi connectivity index (χ2n) is 5.49. The van der Waals surface area contributed by atoms with Crippen molar-refractivity contribution < 1.29 is 9.90 Å². The van der Waals surface area contributed by atoms with Crippen molar-refractivity contribution in [3.05, 3.63) is 34.9 Å². The standard InChI is InChI=1S/C17H22ClNO2/c1-2-14-6-4-3-5-11-19(14)16-9-7-13(12-15(16)18)8-10-17(20)21/h7-10,12,14H,2-6,11H2,1H3,(H,20,21)/b10-8+. The lowest BCUT2D eigenvalue weighted by atomic mass is 10.1. The number of carboxylic acids is 1. The number of carboxylic acid groups (broad SMARTS) is 1. The highest BCUT2D eigenvalue weighted by Gasteiger charge is 2.21. The summed E-state index contributed by atoms with van der Waals surface area (Å²) in [6.07, 6.45) is 8.80. The Labute approximate surface area is 131 Å². The molecule has 1 saturated heterocycles. The Kier molecular flexibility index (Phi) is 5.68. The Balaban J connectivity index is 2.24. The first kappa shape index (κ1) is 15.9. The van der Waals surface area contributed by atoms with Crippen LogP contribution < -0.4 is 4.90 Å². The molecule has 0 aromatic heterocycles. The molecule has 1 aromatic carbocycles. The van der Waals surface area contributed by atoms with Crippen molar-refractivity contribution in [2.24, 2.45) is 0 Å². The number of aliphatic carboxylic acids is 1. The molecule has 1 N–H and O–H groups in total. The Bertz CT molecular complexity index is 528. The van der Waals surface area contributed by atoms with E-state index in [2.05, 4.69) is 11.8 Å². The molecule has 0 amide bonds. The van der Waals surface area contributed by atoms with E-state index in [1.165, 1.54) is 25.7 Å². The van der Waals surface area contributed by atoms with Crippen molar-refractivity contribution in [2.75, 3.05) is 11.4 Å². The second-order valence-corrected chi connectivity index (χ2v) is 5.89. The van der Waals surface area contributed by atoms with Crippen molar-refractivity contribution in [2.45, 2.75) is 45.1 Å². The fourth-order valence-corrected chi connectivity index (χ4v) is 3.24. The lowest BCUT2D eigenvalue weighted by molar-refractivity contribution is -0.131. The van der Waals surface area contributed by atoms with Crippen molar-refractivity contribution >= 4 is 29.3 Å². The van der Waals surface area contributed by atoms with Crippen LogP contribution in [0.15, 0.2) is 24.3 Å². The van der Waals surface area contributed by atoms with E-state index in [9.17, 15) is 4.79 Å². The Morgan fingerprint density at radius 3 is 2.90 bits per heavy atom. The predicted octanol–water partition coefficient (Wildman–Crippen LogP) is 4.60. The third-order valence-corrected chi connectivity index (χ3v) is 4.35. The van der Waals surface area contributed by atoms with Gasteiger partial charge in [-0.25, -0.2) is 4.79 Å². The molecule has 0 saturated carbocycles. The Morgan fingerprint density at radius 2 is 2.24 bits per heavy atom. The summed E-state index contributed by atoms with van der Waals surface area (Å²) < 4.78 is 0. The molecule has 21 heavy (non-hydrogen) atoms. The highest BCUT2D eigenvalue weighted by atomic mass is 35.5. The number of hydrogen-bond donors (Lipinski definition) is 1. The minimum absolute atomic E-state index is 0.547. The van der Waals surface area contributed by atoms with Crippen LogP contribution in [0.5, 0.6) is 0 Å². The van der Waals surface area contributed by atoms with Gasteiger partial charge in [0.05, 0.1) is 10.7 Å². The molecule has 1 unspecified atom stereocenters. The summed E-state index contributed by atoms with van der Waals surface area (Å²) in [7, 11) is 0. The van der Waals surface area contributed by atoms with Gasteiger partial charge in [0.15, 0.2) is 0 Å². The van der Waals surface area contributed by atoms with E-state index in [-0.39, 0.29) is 0 Å². The molecule has 1 atom stereocenters. The number of carbonyl (C=O) groups is 1. The van der Waals surface area contributed by atoms with Crippen molar-refractivity contribution in [1.82, 2.24) is 0 Å². The molecule has 114 valence electrons. The smallest absolute Gasteiger partial charge is 0.328 e. The maximum absolute atomic E-state index is 10.6. The van der Waals surface area contributed by atoms with Crippen LogP contribution in [0.1, 0.15) is 44.6 Å². The predicted molar refractivity (Wildman–Crippen MR) is 88.0 cm³/mol. The first-order valence-corrected chi connectivity index (χ1v) is 7.97. The summed E-state index contributed by atoms with van der Waals surface area (Å²) >= 11 is 6.43. The summed E-state index contributed by atoms with van der Waals surface area (Å²) in [6, 6.07) is 6.33. The lowest BCUT2D eigenvalue weighted by Crippen LogP contribution is -2.34. The molecule has 4 heteroatoms. The summed E-state index contributed by atoms with van der Waals surface area (Å²) in [5, 5.41) is 9.37. The van der Waals surface area contributed by atoms with Crippen LogP contribution >= 0.6 is 11.6 Å². The minimum atomic E-state index is -0.950. The van der Waals surface area contributed by atoms with E-state index < -0.39 is 5.97 Å². The van der Waals surface area contributed by atoms with Gasteiger partial charge in [0, 0.05) is 18.7 Å². The van der Waals surface area contributed by atoms with Crippen LogP contribution in [0.25, 0.3) is 6.08 Å². The molecule has 0 aliphatic carbocycles. The first-order valence-electron chi connectivity index (χ1n) is 7.59. The van der Waals surface area contributed by atoms with Crippen LogP contribution in [0.4, 0.5) is 5.69 Å². The van der Waals surface area contributed by atoms with Crippen molar-refractivity contribution in [1.29, 1.82) is 0 Å². The van der Waals surface area contributed by atoms with Gasteiger partial charge in [-0.2, -0.15) is 0 Å². The van der Waals surface area contributed by atoms with Gasteiger partial charge in [-0.05, 0) is 43.0 Å². The average Bonchev–Trinajstić information content (AvgIpc) is 2.70. The van der Waals surface area contributed by atoms with Gasteiger partial charge in [-0.1, -0.05) is 37.4 Å². The molecule has 0 spiro atoms. The summed E-state index contributed by atoms with van der Waals surface area (Å²) in [6.45, 7) is 3.27. The molecule has 1 fully saturated rings. The summed E-state index contributed by atoms with van der Waals surface area (Å²) in [4.78, 5) is 13.0. The molecular weight excluding hydrogens is 286 g/mol.